The smallest absolute Gasteiger partial charge is 0.358 e. The van der Waals surface area contributed by atoms with Gasteiger partial charge in [-0.2, -0.15) is 5.10 Å². The van der Waals surface area contributed by atoms with E-state index in [1.807, 2.05) is 6.92 Å². The maximum atomic E-state index is 11.0. The van der Waals surface area contributed by atoms with E-state index >= 15 is 0 Å². The molecule has 15 heavy (non-hydrogen) atoms. The number of carboxylic acids is 1. The largest absolute Gasteiger partial charge is 0.476 e. The molecule has 1 aliphatic rings. The summed E-state index contributed by atoms with van der Waals surface area (Å²) in [4.78, 5) is 11.0. The highest BCUT2D eigenvalue weighted by atomic mass is 16.4. The van der Waals surface area contributed by atoms with Gasteiger partial charge in [-0.25, -0.2) is 4.79 Å². The predicted molar refractivity (Wildman–Crippen MR) is 56.2 cm³/mol. The van der Waals surface area contributed by atoms with Crippen LogP contribution in [0.5, 0.6) is 0 Å². The molecular weight excluding hydrogens is 194 g/mol. The van der Waals surface area contributed by atoms with E-state index in [2.05, 4.69) is 10.4 Å². The van der Waals surface area contributed by atoms with Crippen LogP contribution in [0.1, 0.15) is 35.4 Å². The van der Waals surface area contributed by atoms with E-state index < -0.39 is 5.97 Å². The van der Waals surface area contributed by atoms with E-state index in [-0.39, 0.29) is 5.69 Å². The number of aromatic nitrogens is 2. The molecule has 0 amide bonds. The number of hydrogen-bond acceptors (Lipinski definition) is 3. The Bertz CT molecular complexity index is 394. The number of carboxylic acid groups (broad SMARTS) is 1. The first kappa shape index (κ1) is 10.0. The molecule has 1 aromatic rings. The molecule has 2 N–H and O–H groups in total. The molecule has 0 unspecified atom stereocenters. The van der Waals surface area contributed by atoms with E-state index in [4.69, 9.17) is 5.11 Å². The van der Waals surface area contributed by atoms with Gasteiger partial charge in [0.25, 0.3) is 0 Å². The van der Waals surface area contributed by atoms with Gasteiger partial charge in [-0.15, -0.1) is 0 Å². The topological polar surface area (TPSA) is 67.2 Å². The molecule has 5 nitrogen and oxygen atoms in total. The lowest BCUT2D eigenvalue weighted by Gasteiger charge is -2.27. The van der Waals surface area contributed by atoms with Crippen molar-refractivity contribution in [3.63, 3.8) is 0 Å². The molecule has 5 heteroatoms. The van der Waals surface area contributed by atoms with Crippen LogP contribution in [0.25, 0.3) is 0 Å². The molecule has 0 radical (unpaired) electrons. The average Bonchev–Trinajstić information content (AvgIpc) is 2.38. The molecule has 0 bridgehead atoms. The SMILES string of the molecule is Cc1c(NC2CCC2)c(C(=O)O)nn1C. The number of rotatable bonds is 3. The van der Waals surface area contributed by atoms with Crippen molar-refractivity contribution in [3.8, 4) is 0 Å². The Kier molecular flexibility index (Phi) is 2.38. The summed E-state index contributed by atoms with van der Waals surface area (Å²) in [5, 5.41) is 16.2. The molecule has 1 saturated carbocycles. The summed E-state index contributed by atoms with van der Waals surface area (Å²) in [7, 11) is 1.76. The first-order valence-corrected chi connectivity index (χ1v) is 5.13. The van der Waals surface area contributed by atoms with Gasteiger partial charge in [0.1, 0.15) is 0 Å². The third-order valence-electron chi connectivity index (χ3n) is 2.99. The van der Waals surface area contributed by atoms with Crippen molar-refractivity contribution in [2.75, 3.05) is 5.32 Å². The van der Waals surface area contributed by atoms with Crippen LogP contribution in [0, 0.1) is 6.92 Å². The Balaban J connectivity index is 2.29. The van der Waals surface area contributed by atoms with Gasteiger partial charge >= 0.3 is 5.97 Å². The third kappa shape index (κ3) is 1.69. The second kappa shape index (κ2) is 3.56. The Morgan fingerprint density at radius 3 is 2.73 bits per heavy atom. The van der Waals surface area contributed by atoms with Crippen molar-refractivity contribution in [2.24, 2.45) is 7.05 Å². The van der Waals surface area contributed by atoms with Gasteiger partial charge in [-0.05, 0) is 26.2 Å². The highest BCUT2D eigenvalue weighted by Gasteiger charge is 2.24. The van der Waals surface area contributed by atoms with Crippen LogP contribution in [-0.4, -0.2) is 26.9 Å². The Morgan fingerprint density at radius 1 is 1.60 bits per heavy atom. The molecule has 0 aliphatic heterocycles. The van der Waals surface area contributed by atoms with Crippen molar-refractivity contribution in [2.45, 2.75) is 32.2 Å². The minimum absolute atomic E-state index is 0.127. The maximum absolute atomic E-state index is 11.0. The van der Waals surface area contributed by atoms with Gasteiger partial charge in [-0.1, -0.05) is 0 Å². The van der Waals surface area contributed by atoms with E-state index in [0.717, 1.165) is 18.5 Å². The highest BCUT2D eigenvalue weighted by Crippen LogP contribution is 2.27. The summed E-state index contributed by atoms with van der Waals surface area (Å²) in [5.74, 6) is -0.972. The van der Waals surface area contributed by atoms with Gasteiger partial charge < -0.3 is 10.4 Å². The van der Waals surface area contributed by atoms with Gasteiger partial charge in [0.15, 0.2) is 5.69 Å². The first-order chi connectivity index (χ1) is 7.09. The quantitative estimate of drug-likeness (QED) is 0.789. The van der Waals surface area contributed by atoms with Crippen LogP contribution in [0.2, 0.25) is 0 Å². The van der Waals surface area contributed by atoms with Crippen molar-refractivity contribution >= 4 is 11.7 Å². The summed E-state index contributed by atoms with van der Waals surface area (Å²) >= 11 is 0. The zero-order chi connectivity index (χ0) is 11.0. The summed E-state index contributed by atoms with van der Waals surface area (Å²) in [6.45, 7) is 1.88. The van der Waals surface area contributed by atoms with Crippen LogP contribution in [0.3, 0.4) is 0 Å². The number of hydrogen-bond donors (Lipinski definition) is 2. The van der Waals surface area contributed by atoms with E-state index in [9.17, 15) is 4.79 Å². The lowest BCUT2D eigenvalue weighted by molar-refractivity contribution is 0.0690. The molecule has 1 fully saturated rings. The first-order valence-electron chi connectivity index (χ1n) is 5.13. The second-order valence-corrected chi connectivity index (χ2v) is 4.01. The van der Waals surface area contributed by atoms with E-state index in [1.165, 1.54) is 6.42 Å². The van der Waals surface area contributed by atoms with E-state index in [0.29, 0.717) is 11.7 Å². The predicted octanol–water partition coefficient (Wildman–Crippen LogP) is 1.39. The van der Waals surface area contributed by atoms with Gasteiger partial charge in [0, 0.05) is 13.1 Å². The molecule has 82 valence electrons. The molecule has 1 aromatic heterocycles. The van der Waals surface area contributed by atoms with Crippen LogP contribution in [0.15, 0.2) is 0 Å². The lowest BCUT2D eigenvalue weighted by atomic mass is 9.93. The maximum Gasteiger partial charge on any atom is 0.358 e. The molecule has 1 aliphatic carbocycles. The minimum atomic E-state index is -0.972. The monoisotopic (exact) mass is 209 g/mol. The van der Waals surface area contributed by atoms with Crippen LogP contribution >= 0.6 is 0 Å². The molecule has 1 heterocycles. The normalized spacial score (nSPS) is 16.1. The van der Waals surface area contributed by atoms with Crippen LogP contribution in [-0.2, 0) is 7.05 Å². The van der Waals surface area contributed by atoms with Crippen LogP contribution < -0.4 is 5.32 Å². The fourth-order valence-corrected chi connectivity index (χ4v) is 1.69. The van der Waals surface area contributed by atoms with Crippen molar-refractivity contribution in [1.82, 2.24) is 9.78 Å². The number of aromatic carboxylic acids is 1. The van der Waals surface area contributed by atoms with Crippen LogP contribution in [0.4, 0.5) is 5.69 Å². The Morgan fingerprint density at radius 2 is 2.27 bits per heavy atom. The molecule has 0 aromatic carbocycles. The van der Waals surface area contributed by atoms with Crippen molar-refractivity contribution in [1.29, 1.82) is 0 Å². The molecule has 2 rings (SSSR count). The minimum Gasteiger partial charge on any atom is -0.476 e. The van der Waals surface area contributed by atoms with Gasteiger partial charge in [0.2, 0.25) is 0 Å². The zero-order valence-electron chi connectivity index (χ0n) is 8.95. The number of anilines is 1. The molecule has 0 saturated heterocycles. The summed E-state index contributed by atoms with van der Waals surface area (Å²) in [6.07, 6.45) is 3.46. The number of aryl methyl sites for hydroxylation is 1. The fourth-order valence-electron chi connectivity index (χ4n) is 1.69. The number of nitrogens with one attached hydrogen (secondary N) is 1. The molecular formula is C10H15N3O2. The highest BCUT2D eigenvalue weighted by molar-refractivity contribution is 5.92. The second-order valence-electron chi connectivity index (χ2n) is 4.01. The van der Waals surface area contributed by atoms with E-state index in [1.54, 1.807) is 11.7 Å². The van der Waals surface area contributed by atoms with Crippen molar-refractivity contribution < 1.29 is 9.90 Å². The molecule has 0 spiro atoms. The third-order valence-corrected chi connectivity index (χ3v) is 2.99. The van der Waals surface area contributed by atoms with Gasteiger partial charge in [0.05, 0.1) is 11.4 Å². The van der Waals surface area contributed by atoms with Gasteiger partial charge in [-0.3, -0.25) is 4.68 Å². The number of carbonyl (C=O) groups is 1. The molecule has 0 atom stereocenters. The summed E-state index contributed by atoms with van der Waals surface area (Å²) in [6, 6.07) is 0.422. The lowest BCUT2D eigenvalue weighted by Crippen LogP contribution is -2.28. The standard InChI is InChI=1S/C10H15N3O2/c1-6-8(11-7-4-3-5-7)9(10(14)15)12-13(6)2/h7,11H,3-5H2,1-2H3,(H,14,15). The van der Waals surface area contributed by atoms with Crippen molar-refractivity contribution in [3.05, 3.63) is 11.4 Å². The fraction of sp³-hybridized carbons (Fsp3) is 0.600. The average molecular weight is 209 g/mol. The summed E-state index contributed by atoms with van der Waals surface area (Å²) < 4.78 is 1.60. The number of nitrogens with zero attached hydrogens (tertiary/aromatic N) is 2. The Labute approximate surface area is 88.1 Å². The summed E-state index contributed by atoms with van der Waals surface area (Å²) in [5.41, 5.74) is 1.68. The zero-order valence-corrected chi connectivity index (χ0v) is 8.95. The Hall–Kier alpha value is -1.52.